The lowest BCUT2D eigenvalue weighted by atomic mass is 10.1. The van der Waals surface area contributed by atoms with Crippen LogP contribution in [0.15, 0.2) is 45.2 Å². The summed E-state index contributed by atoms with van der Waals surface area (Å²) in [6, 6.07) is 4.05. The van der Waals surface area contributed by atoms with E-state index in [9.17, 15) is 28.6 Å². The Morgan fingerprint density at radius 1 is 1.31 bits per heavy atom. The number of aliphatic hydroxyl groups is 2. The van der Waals surface area contributed by atoms with Crippen LogP contribution in [0.1, 0.15) is 24.3 Å². The lowest BCUT2D eigenvalue weighted by Gasteiger charge is -2.26. The zero-order chi connectivity index (χ0) is 25.6. The molecule has 0 amide bonds. The van der Waals surface area contributed by atoms with Crippen LogP contribution in [0, 0.1) is 11.6 Å². The fourth-order valence-electron chi connectivity index (χ4n) is 3.49. The first-order valence-corrected chi connectivity index (χ1v) is 10.9. The molecule has 1 fully saturated rings. The van der Waals surface area contributed by atoms with E-state index in [0.29, 0.717) is 5.56 Å². The largest absolute Gasteiger partial charge is 0.387 e. The van der Waals surface area contributed by atoms with Gasteiger partial charge in [0.05, 0.1) is 19.3 Å². The third-order valence-electron chi connectivity index (χ3n) is 5.16. The van der Waals surface area contributed by atoms with Crippen LogP contribution in [0.3, 0.4) is 0 Å². The van der Waals surface area contributed by atoms with E-state index in [1.165, 1.54) is 7.11 Å². The number of nitrogens with one attached hydrogen (secondary N) is 1. The topological polar surface area (TPSA) is 181 Å². The summed E-state index contributed by atoms with van der Waals surface area (Å²) in [5.74, 6) is -1.48. The Labute approximate surface area is 197 Å². The number of halogens is 2. The van der Waals surface area contributed by atoms with Crippen LogP contribution in [0.5, 0.6) is 0 Å². The molecule has 2 heterocycles. The van der Waals surface area contributed by atoms with Gasteiger partial charge in [-0.05, 0) is 23.2 Å². The highest BCUT2D eigenvalue weighted by Gasteiger charge is 2.55. The molecule has 1 aromatic heterocycles. The van der Waals surface area contributed by atoms with E-state index >= 15 is 0 Å². The maximum absolute atomic E-state index is 13.4. The molecule has 0 aliphatic carbocycles. The van der Waals surface area contributed by atoms with Gasteiger partial charge in [0.25, 0.3) is 5.56 Å². The standard InChI is InChI=1S/C19H22F2N5O8P/c1-31-13(10-6-11(20)8-12(21)7-10)3-5-32-35-33-9-19(24-25-22)16(29)15(28)17(34-19)26-4-2-14(27)23-18(26)30/h2,4,6-8,13,15-17,28-29,35H,3,5,9H2,1H3,(H,23,27,30)/t13-,15+,16-,17?,19+/m0/s1. The number of hydrogen-bond acceptors (Lipinski definition) is 9. The second-order valence-electron chi connectivity index (χ2n) is 7.43. The van der Waals surface area contributed by atoms with E-state index in [0.717, 1.165) is 35.0 Å². The number of hydrogen-bond donors (Lipinski definition) is 3. The summed E-state index contributed by atoms with van der Waals surface area (Å²) in [4.78, 5) is 27.9. The van der Waals surface area contributed by atoms with E-state index in [4.69, 9.17) is 24.1 Å². The lowest BCUT2D eigenvalue weighted by Crippen LogP contribution is -2.44. The van der Waals surface area contributed by atoms with Crippen molar-refractivity contribution in [3.05, 3.63) is 78.9 Å². The molecule has 0 saturated carbocycles. The van der Waals surface area contributed by atoms with Crippen LogP contribution in [0.25, 0.3) is 10.4 Å². The molecule has 0 bridgehead atoms. The Balaban J connectivity index is 1.57. The summed E-state index contributed by atoms with van der Waals surface area (Å²) in [5.41, 5.74) is 5.54. The van der Waals surface area contributed by atoms with Gasteiger partial charge in [0.1, 0.15) is 23.8 Å². The molecule has 2 unspecified atom stereocenters. The number of ether oxygens (including phenoxy) is 2. The van der Waals surface area contributed by atoms with Gasteiger partial charge in [0.15, 0.2) is 15.3 Å². The molecule has 2 aromatic rings. The summed E-state index contributed by atoms with van der Waals surface area (Å²) in [6.07, 6.45) is -4.34. The minimum absolute atomic E-state index is 0.0605. The van der Waals surface area contributed by atoms with Gasteiger partial charge in [-0.1, -0.05) is 5.11 Å². The Bertz CT molecular complexity index is 1170. The molecule has 1 aliphatic rings. The maximum atomic E-state index is 13.4. The van der Waals surface area contributed by atoms with Gasteiger partial charge in [0.2, 0.25) is 5.72 Å². The van der Waals surface area contributed by atoms with Crippen LogP contribution in [0.4, 0.5) is 8.78 Å². The molecular formula is C19H22F2N5O8P. The number of aliphatic hydroxyl groups excluding tert-OH is 2. The number of rotatable bonds is 11. The van der Waals surface area contributed by atoms with Crippen LogP contribution in [-0.2, 0) is 18.5 Å². The molecule has 35 heavy (non-hydrogen) atoms. The molecule has 3 N–H and O–H groups in total. The normalized spacial score (nSPS) is 25.1. The highest BCUT2D eigenvalue weighted by molar-refractivity contribution is 7.26. The third-order valence-corrected chi connectivity index (χ3v) is 5.75. The molecule has 1 aromatic carbocycles. The highest BCUT2D eigenvalue weighted by Crippen LogP contribution is 2.39. The summed E-state index contributed by atoms with van der Waals surface area (Å²) in [6.45, 7) is -0.490. The van der Waals surface area contributed by atoms with Crippen LogP contribution in [0.2, 0.25) is 0 Å². The Morgan fingerprint density at radius 3 is 2.66 bits per heavy atom. The second kappa shape index (κ2) is 11.8. The van der Waals surface area contributed by atoms with E-state index in [2.05, 4.69) is 10.0 Å². The van der Waals surface area contributed by atoms with Crippen molar-refractivity contribution in [1.29, 1.82) is 0 Å². The number of azide groups is 1. The zero-order valence-corrected chi connectivity index (χ0v) is 19.2. The molecule has 1 saturated heterocycles. The summed E-state index contributed by atoms with van der Waals surface area (Å²) >= 11 is 0. The lowest BCUT2D eigenvalue weighted by molar-refractivity contribution is -0.119. The minimum Gasteiger partial charge on any atom is -0.387 e. The molecule has 6 atom stereocenters. The molecule has 0 spiro atoms. The average Bonchev–Trinajstić information content (AvgIpc) is 3.03. The highest BCUT2D eigenvalue weighted by atomic mass is 31.1. The predicted molar refractivity (Wildman–Crippen MR) is 116 cm³/mol. The zero-order valence-electron chi connectivity index (χ0n) is 18.2. The molecule has 1 aliphatic heterocycles. The number of nitrogens with zero attached hydrogens (tertiary/aromatic N) is 4. The molecule has 190 valence electrons. The first kappa shape index (κ1) is 26.9. The van der Waals surface area contributed by atoms with Gasteiger partial charge in [-0.2, -0.15) is 0 Å². The summed E-state index contributed by atoms with van der Waals surface area (Å²) in [7, 11) is 0.738. The van der Waals surface area contributed by atoms with Crippen LogP contribution < -0.4 is 11.2 Å². The molecular weight excluding hydrogens is 495 g/mol. The summed E-state index contributed by atoms with van der Waals surface area (Å²) in [5, 5.41) is 24.3. The number of benzene rings is 1. The predicted octanol–water partition coefficient (Wildman–Crippen LogP) is 1.39. The third kappa shape index (κ3) is 6.28. The van der Waals surface area contributed by atoms with Crippen molar-refractivity contribution in [3.8, 4) is 0 Å². The van der Waals surface area contributed by atoms with Crippen molar-refractivity contribution in [2.24, 2.45) is 5.11 Å². The van der Waals surface area contributed by atoms with E-state index in [-0.39, 0.29) is 13.0 Å². The number of H-pyrrole nitrogens is 1. The van der Waals surface area contributed by atoms with Crippen LogP contribution >= 0.6 is 9.03 Å². The second-order valence-corrected chi connectivity index (χ2v) is 8.18. The fraction of sp³-hybridized carbons (Fsp3) is 0.474. The Morgan fingerprint density at radius 2 is 2.03 bits per heavy atom. The van der Waals surface area contributed by atoms with Crippen molar-refractivity contribution < 1.29 is 37.5 Å². The van der Waals surface area contributed by atoms with E-state index in [1.807, 2.05) is 4.98 Å². The summed E-state index contributed by atoms with van der Waals surface area (Å²) < 4.78 is 49.1. The van der Waals surface area contributed by atoms with Gasteiger partial charge >= 0.3 is 5.69 Å². The van der Waals surface area contributed by atoms with E-state index < -0.39 is 68.8 Å². The number of aromatic nitrogens is 2. The van der Waals surface area contributed by atoms with Crippen molar-refractivity contribution in [2.75, 3.05) is 20.3 Å². The first-order valence-electron chi connectivity index (χ1n) is 10.1. The van der Waals surface area contributed by atoms with Gasteiger partial charge in [-0.15, -0.1) is 0 Å². The molecule has 0 radical (unpaired) electrons. The number of methoxy groups -OCH3 is 1. The van der Waals surface area contributed by atoms with Crippen molar-refractivity contribution in [3.63, 3.8) is 0 Å². The maximum Gasteiger partial charge on any atom is 0.330 e. The average molecular weight is 517 g/mol. The fourth-order valence-corrected chi connectivity index (χ4v) is 4.04. The van der Waals surface area contributed by atoms with Gasteiger partial charge < -0.3 is 28.7 Å². The van der Waals surface area contributed by atoms with Gasteiger partial charge in [0, 0.05) is 36.8 Å². The van der Waals surface area contributed by atoms with E-state index in [1.54, 1.807) is 0 Å². The SMILES string of the molecule is CO[C@@H](CCOPOC[C@@]1(N=[N+]=[N-])OC(n2ccc(=O)[nH]c2=O)[C@H](O)[C@@H]1O)c1cc(F)cc(F)c1. The number of aromatic amines is 1. The van der Waals surface area contributed by atoms with Gasteiger partial charge in [-0.3, -0.25) is 14.3 Å². The van der Waals surface area contributed by atoms with Crippen molar-refractivity contribution in [2.45, 2.75) is 36.7 Å². The molecule has 3 rings (SSSR count). The van der Waals surface area contributed by atoms with Crippen molar-refractivity contribution >= 4 is 9.03 Å². The van der Waals surface area contributed by atoms with Gasteiger partial charge in [-0.25, -0.2) is 13.6 Å². The Kier molecular flexibility index (Phi) is 9.05. The smallest absolute Gasteiger partial charge is 0.330 e. The first-order chi connectivity index (χ1) is 16.7. The van der Waals surface area contributed by atoms with Crippen molar-refractivity contribution in [1.82, 2.24) is 9.55 Å². The minimum atomic E-state index is -2.10. The monoisotopic (exact) mass is 517 g/mol. The molecule has 13 nitrogen and oxygen atoms in total. The Hall–Kier alpha value is -2.74. The quantitative estimate of drug-likeness (QED) is 0.131. The molecule has 16 heteroatoms. The van der Waals surface area contributed by atoms with Crippen LogP contribution in [-0.4, -0.2) is 58.0 Å².